The van der Waals surface area contributed by atoms with Gasteiger partial charge in [0.2, 0.25) is 11.8 Å². The van der Waals surface area contributed by atoms with Gasteiger partial charge in [0.1, 0.15) is 11.6 Å². The molecular formula is C25H28N6O2. The van der Waals surface area contributed by atoms with Crippen LogP contribution >= 0.6 is 0 Å². The number of anilines is 2. The van der Waals surface area contributed by atoms with Crippen LogP contribution in [0.15, 0.2) is 36.8 Å². The lowest BCUT2D eigenvalue weighted by molar-refractivity contribution is -0.130. The molecule has 2 atom stereocenters. The Morgan fingerprint density at radius 2 is 1.97 bits per heavy atom. The van der Waals surface area contributed by atoms with Crippen molar-refractivity contribution >= 4 is 34.2 Å². The standard InChI is InChI=1S/C25H28N6O2/c1-14-3-6-27-12-20(14)22-9-17-10-23(28-13-21(17)24(26)29-22)30-25(33)19-11-18(19)16-4-7-31(8-5-16)15(2)32/h3,6,9-10,12-13,16,18-19H,4-5,7-8,11H2,1-2H3,(H2,26,29)(H,28,30,33)/t18?,19-/m0/s1. The number of aromatic nitrogens is 3. The molecule has 1 saturated carbocycles. The van der Waals surface area contributed by atoms with Gasteiger partial charge in [0.25, 0.3) is 0 Å². The van der Waals surface area contributed by atoms with E-state index in [4.69, 9.17) is 5.73 Å². The van der Waals surface area contributed by atoms with Crippen LogP contribution in [0.25, 0.3) is 22.0 Å². The third-order valence-electron chi connectivity index (χ3n) is 7.08. The van der Waals surface area contributed by atoms with Crippen molar-refractivity contribution in [3.05, 3.63) is 42.4 Å². The second-order valence-electron chi connectivity index (χ2n) is 9.21. The van der Waals surface area contributed by atoms with Crippen LogP contribution in [0.4, 0.5) is 11.6 Å². The number of hydrogen-bond acceptors (Lipinski definition) is 6. The van der Waals surface area contributed by atoms with Gasteiger partial charge in [-0.3, -0.25) is 14.6 Å². The maximum absolute atomic E-state index is 12.9. The number of rotatable bonds is 4. The molecule has 170 valence electrons. The number of piperidine rings is 1. The molecule has 2 amide bonds. The molecule has 4 heterocycles. The number of nitrogens with one attached hydrogen (secondary N) is 1. The van der Waals surface area contributed by atoms with Crippen molar-refractivity contribution in [2.75, 3.05) is 24.1 Å². The Balaban J connectivity index is 1.29. The summed E-state index contributed by atoms with van der Waals surface area (Å²) in [5, 5.41) is 4.61. The molecule has 3 aromatic rings. The van der Waals surface area contributed by atoms with E-state index >= 15 is 0 Å². The number of carbonyl (C=O) groups is 2. The van der Waals surface area contributed by atoms with Crippen molar-refractivity contribution in [3.63, 3.8) is 0 Å². The zero-order valence-electron chi connectivity index (χ0n) is 18.9. The van der Waals surface area contributed by atoms with E-state index in [9.17, 15) is 9.59 Å². The van der Waals surface area contributed by atoms with Gasteiger partial charge in [0, 0.05) is 55.5 Å². The molecule has 8 heteroatoms. The van der Waals surface area contributed by atoms with Crippen molar-refractivity contribution in [2.45, 2.75) is 33.1 Å². The summed E-state index contributed by atoms with van der Waals surface area (Å²) in [6.45, 7) is 5.22. The highest BCUT2D eigenvalue weighted by Gasteiger charge is 2.48. The first-order valence-corrected chi connectivity index (χ1v) is 11.4. The van der Waals surface area contributed by atoms with E-state index in [2.05, 4.69) is 20.3 Å². The molecule has 2 aliphatic rings. The fraction of sp³-hybridized carbons (Fsp3) is 0.400. The Bertz CT molecular complexity index is 1230. The van der Waals surface area contributed by atoms with Crippen LogP contribution in [0.1, 0.15) is 31.7 Å². The average Bonchev–Trinajstić information content (AvgIpc) is 3.60. The second-order valence-corrected chi connectivity index (χ2v) is 9.21. The van der Waals surface area contributed by atoms with Gasteiger partial charge in [0.15, 0.2) is 0 Å². The Morgan fingerprint density at radius 3 is 2.70 bits per heavy atom. The lowest BCUT2D eigenvalue weighted by Crippen LogP contribution is -2.37. The summed E-state index contributed by atoms with van der Waals surface area (Å²) in [7, 11) is 0. The molecule has 1 aliphatic heterocycles. The maximum Gasteiger partial charge on any atom is 0.228 e. The van der Waals surface area contributed by atoms with Crippen molar-refractivity contribution < 1.29 is 9.59 Å². The summed E-state index contributed by atoms with van der Waals surface area (Å²) in [6, 6.07) is 5.74. The predicted octanol–water partition coefficient (Wildman–Crippen LogP) is 3.42. The van der Waals surface area contributed by atoms with Gasteiger partial charge in [-0.1, -0.05) is 0 Å². The van der Waals surface area contributed by atoms with Gasteiger partial charge in [-0.15, -0.1) is 0 Å². The second kappa shape index (κ2) is 8.42. The molecule has 0 radical (unpaired) electrons. The third kappa shape index (κ3) is 4.25. The van der Waals surface area contributed by atoms with Crippen LogP contribution < -0.4 is 11.1 Å². The summed E-state index contributed by atoms with van der Waals surface area (Å²) in [4.78, 5) is 39.4. The maximum atomic E-state index is 12.9. The molecule has 3 N–H and O–H groups in total. The minimum absolute atomic E-state index is 0.0196. The monoisotopic (exact) mass is 444 g/mol. The number of nitrogens with two attached hydrogens (primary N) is 1. The number of likely N-dealkylation sites (tertiary alicyclic amines) is 1. The zero-order chi connectivity index (χ0) is 23.1. The normalized spacial score (nSPS) is 20.6. The number of nitrogens with zero attached hydrogens (tertiary/aromatic N) is 4. The number of amides is 2. The van der Waals surface area contributed by atoms with E-state index in [1.54, 1.807) is 25.5 Å². The van der Waals surface area contributed by atoms with Gasteiger partial charge in [-0.05, 0) is 67.2 Å². The smallest absolute Gasteiger partial charge is 0.228 e. The minimum atomic E-state index is 0.0196. The molecule has 8 nitrogen and oxygen atoms in total. The Morgan fingerprint density at radius 1 is 1.18 bits per heavy atom. The van der Waals surface area contributed by atoms with Gasteiger partial charge < -0.3 is 16.0 Å². The van der Waals surface area contributed by atoms with Crippen LogP contribution in [0.5, 0.6) is 0 Å². The molecule has 3 aromatic heterocycles. The van der Waals surface area contributed by atoms with Gasteiger partial charge in [-0.25, -0.2) is 9.97 Å². The number of aryl methyl sites for hydroxylation is 1. The van der Waals surface area contributed by atoms with E-state index in [1.807, 2.05) is 30.0 Å². The molecule has 1 saturated heterocycles. The van der Waals surface area contributed by atoms with Crippen molar-refractivity contribution in [1.82, 2.24) is 19.9 Å². The third-order valence-corrected chi connectivity index (χ3v) is 7.08. The van der Waals surface area contributed by atoms with Crippen molar-refractivity contribution in [1.29, 1.82) is 0 Å². The van der Waals surface area contributed by atoms with E-state index in [0.29, 0.717) is 23.5 Å². The predicted molar refractivity (Wildman–Crippen MR) is 127 cm³/mol. The largest absolute Gasteiger partial charge is 0.383 e. The van der Waals surface area contributed by atoms with Crippen LogP contribution in [-0.4, -0.2) is 44.8 Å². The first-order valence-electron chi connectivity index (χ1n) is 11.4. The minimum Gasteiger partial charge on any atom is -0.383 e. The molecule has 0 bridgehead atoms. The number of hydrogen-bond donors (Lipinski definition) is 2. The van der Waals surface area contributed by atoms with Crippen LogP contribution in [0.2, 0.25) is 0 Å². The molecule has 2 fully saturated rings. The highest BCUT2D eigenvalue weighted by Crippen LogP contribution is 2.48. The quantitative estimate of drug-likeness (QED) is 0.637. The van der Waals surface area contributed by atoms with E-state index in [-0.39, 0.29) is 17.7 Å². The lowest BCUT2D eigenvalue weighted by atomic mass is 9.91. The summed E-state index contributed by atoms with van der Waals surface area (Å²) >= 11 is 0. The first kappa shape index (κ1) is 21.3. The lowest BCUT2D eigenvalue weighted by Gasteiger charge is -2.31. The fourth-order valence-corrected chi connectivity index (χ4v) is 5.01. The molecule has 1 unspecified atom stereocenters. The van der Waals surface area contributed by atoms with E-state index in [0.717, 1.165) is 59.9 Å². The fourth-order valence-electron chi connectivity index (χ4n) is 5.01. The zero-order valence-corrected chi connectivity index (χ0v) is 18.9. The van der Waals surface area contributed by atoms with Gasteiger partial charge in [-0.2, -0.15) is 0 Å². The van der Waals surface area contributed by atoms with Crippen molar-refractivity contribution in [3.8, 4) is 11.3 Å². The van der Waals surface area contributed by atoms with E-state index < -0.39 is 0 Å². The average molecular weight is 445 g/mol. The Hall–Kier alpha value is -3.55. The number of fused-ring (bicyclic) bond motifs is 1. The summed E-state index contributed by atoms with van der Waals surface area (Å²) in [5.41, 5.74) is 8.93. The molecule has 0 spiro atoms. The van der Waals surface area contributed by atoms with Crippen molar-refractivity contribution in [2.24, 2.45) is 17.8 Å². The summed E-state index contributed by atoms with van der Waals surface area (Å²) in [6.07, 6.45) is 8.05. The number of pyridine rings is 3. The molecular weight excluding hydrogens is 416 g/mol. The van der Waals surface area contributed by atoms with Crippen LogP contribution in [0, 0.1) is 24.7 Å². The number of nitrogen functional groups attached to an aromatic ring is 1. The molecule has 33 heavy (non-hydrogen) atoms. The topological polar surface area (TPSA) is 114 Å². The van der Waals surface area contributed by atoms with Gasteiger partial charge in [0.05, 0.1) is 5.69 Å². The highest BCUT2D eigenvalue weighted by molar-refractivity contribution is 5.98. The molecule has 1 aliphatic carbocycles. The SMILES string of the molecule is CC(=O)N1CCC(C2C[C@@H]2C(=O)Nc2cc3cc(-c4cnccc4C)nc(N)c3cn2)CC1. The van der Waals surface area contributed by atoms with E-state index in [1.165, 1.54) is 0 Å². The summed E-state index contributed by atoms with van der Waals surface area (Å²) in [5.74, 6) is 2.01. The Kier molecular flexibility index (Phi) is 5.44. The number of carbonyl (C=O) groups excluding carboxylic acids is 2. The molecule has 0 aromatic carbocycles. The summed E-state index contributed by atoms with van der Waals surface area (Å²) < 4.78 is 0. The highest BCUT2D eigenvalue weighted by atomic mass is 16.2. The van der Waals surface area contributed by atoms with Crippen LogP contribution in [0.3, 0.4) is 0 Å². The van der Waals surface area contributed by atoms with Gasteiger partial charge >= 0.3 is 0 Å². The van der Waals surface area contributed by atoms with Crippen LogP contribution in [-0.2, 0) is 9.59 Å². The Labute approximate surface area is 192 Å². The first-order chi connectivity index (χ1) is 15.9. The molecule has 5 rings (SSSR count).